The average Bonchev–Trinajstić information content (AvgIpc) is 3.31. The zero-order valence-electron chi connectivity index (χ0n) is 19.1. The number of benzene rings is 2. The van der Waals surface area contributed by atoms with Crippen LogP contribution < -0.4 is 10.2 Å². The Morgan fingerprint density at radius 2 is 1.68 bits per heavy atom. The largest absolute Gasteiger partial charge is 0.465 e. The van der Waals surface area contributed by atoms with Crippen molar-refractivity contribution in [1.29, 1.82) is 0 Å². The van der Waals surface area contributed by atoms with E-state index in [0.717, 1.165) is 30.5 Å². The molecule has 2 aromatic carbocycles. The summed E-state index contributed by atoms with van der Waals surface area (Å²) in [6.45, 7) is 0.176. The highest BCUT2D eigenvalue weighted by atomic mass is 16.5. The Hall–Kier alpha value is -3.68. The molecule has 34 heavy (non-hydrogen) atoms. The highest BCUT2D eigenvalue weighted by Gasteiger charge is 2.40. The minimum absolute atomic E-state index is 0.0400. The lowest BCUT2D eigenvalue weighted by molar-refractivity contribution is -0.156. The lowest BCUT2D eigenvalue weighted by atomic mass is 9.78. The molecule has 1 saturated carbocycles. The lowest BCUT2D eigenvalue weighted by Gasteiger charge is -2.32. The summed E-state index contributed by atoms with van der Waals surface area (Å²) in [4.78, 5) is 51.8. The molecule has 8 nitrogen and oxygen atoms in total. The number of carbonyl (C=O) groups excluding carboxylic acids is 4. The van der Waals surface area contributed by atoms with Crippen LogP contribution in [0.3, 0.4) is 0 Å². The second-order valence-corrected chi connectivity index (χ2v) is 8.59. The van der Waals surface area contributed by atoms with Gasteiger partial charge in [0.05, 0.1) is 24.5 Å². The molecule has 1 aliphatic carbocycles. The van der Waals surface area contributed by atoms with Crippen molar-refractivity contribution in [3.8, 4) is 0 Å². The molecule has 0 spiro atoms. The summed E-state index contributed by atoms with van der Waals surface area (Å²) in [5.41, 5.74) is 2.89. The SMILES string of the molecule is COC(=O)c1ccc(NC(=O)COC(=O)C2CCCCC2C(=O)N2CCc3ccccc32)cc1. The molecule has 2 unspecified atom stereocenters. The number of methoxy groups -OCH3 is 1. The van der Waals surface area contributed by atoms with Gasteiger partial charge in [-0.15, -0.1) is 0 Å². The Morgan fingerprint density at radius 1 is 0.971 bits per heavy atom. The molecule has 2 aliphatic rings. The summed E-state index contributed by atoms with van der Waals surface area (Å²) >= 11 is 0. The van der Waals surface area contributed by atoms with Crippen molar-refractivity contribution in [2.75, 3.05) is 30.5 Å². The molecular weight excluding hydrogens is 436 g/mol. The van der Waals surface area contributed by atoms with E-state index < -0.39 is 36.3 Å². The van der Waals surface area contributed by atoms with Crippen LogP contribution in [-0.4, -0.2) is 44.0 Å². The first-order valence-electron chi connectivity index (χ1n) is 11.5. The van der Waals surface area contributed by atoms with E-state index in [1.165, 1.54) is 19.2 Å². The van der Waals surface area contributed by atoms with E-state index in [0.29, 0.717) is 30.6 Å². The molecule has 8 heteroatoms. The predicted octanol–water partition coefficient (Wildman–Crippen LogP) is 3.35. The number of nitrogens with one attached hydrogen (secondary N) is 1. The van der Waals surface area contributed by atoms with Gasteiger partial charge in [0.25, 0.3) is 5.91 Å². The highest BCUT2D eigenvalue weighted by molar-refractivity contribution is 5.99. The number of rotatable bonds is 6. The van der Waals surface area contributed by atoms with Crippen LogP contribution in [0, 0.1) is 11.8 Å². The summed E-state index contributed by atoms with van der Waals surface area (Å²) in [5, 5.41) is 2.63. The van der Waals surface area contributed by atoms with Gasteiger partial charge in [-0.3, -0.25) is 14.4 Å². The molecular formula is C26H28N2O6. The lowest BCUT2D eigenvalue weighted by Crippen LogP contribution is -2.42. The Bertz CT molecular complexity index is 1080. The predicted molar refractivity (Wildman–Crippen MR) is 125 cm³/mol. The van der Waals surface area contributed by atoms with Crippen LogP contribution in [0.15, 0.2) is 48.5 Å². The van der Waals surface area contributed by atoms with Crippen LogP contribution in [0.5, 0.6) is 0 Å². The maximum Gasteiger partial charge on any atom is 0.337 e. The molecule has 0 aromatic heterocycles. The molecule has 0 radical (unpaired) electrons. The fraction of sp³-hybridized carbons (Fsp3) is 0.385. The smallest absolute Gasteiger partial charge is 0.337 e. The van der Waals surface area contributed by atoms with Crippen LogP contribution >= 0.6 is 0 Å². The van der Waals surface area contributed by atoms with Crippen molar-refractivity contribution in [2.45, 2.75) is 32.1 Å². The molecule has 0 saturated heterocycles. The van der Waals surface area contributed by atoms with Crippen LogP contribution in [0.25, 0.3) is 0 Å². The molecule has 1 fully saturated rings. The van der Waals surface area contributed by atoms with E-state index in [1.54, 1.807) is 17.0 Å². The second-order valence-electron chi connectivity index (χ2n) is 8.59. The van der Waals surface area contributed by atoms with Crippen LogP contribution in [-0.2, 0) is 30.3 Å². The van der Waals surface area contributed by atoms with Gasteiger partial charge in [-0.05, 0) is 55.2 Å². The van der Waals surface area contributed by atoms with Gasteiger partial charge in [0.2, 0.25) is 5.91 Å². The molecule has 0 bridgehead atoms. The maximum absolute atomic E-state index is 13.4. The normalized spacial score (nSPS) is 19.1. The molecule has 2 atom stereocenters. The Kier molecular flexibility index (Phi) is 7.25. The van der Waals surface area contributed by atoms with Gasteiger partial charge in [-0.2, -0.15) is 0 Å². The molecule has 1 heterocycles. The average molecular weight is 465 g/mol. The summed E-state index contributed by atoms with van der Waals surface area (Å²) in [6.07, 6.45) is 3.75. The third kappa shape index (κ3) is 5.11. The van der Waals surface area contributed by atoms with Gasteiger partial charge in [0, 0.05) is 17.9 Å². The van der Waals surface area contributed by atoms with Gasteiger partial charge in [-0.25, -0.2) is 4.79 Å². The van der Waals surface area contributed by atoms with Crippen molar-refractivity contribution < 1.29 is 28.7 Å². The van der Waals surface area contributed by atoms with Gasteiger partial charge < -0.3 is 19.7 Å². The number of anilines is 2. The molecule has 178 valence electrons. The quantitative estimate of drug-likeness (QED) is 0.658. The number of esters is 2. The second kappa shape index (κ2) is 10.5. The van der Waals surface area contributed by atoms with E-state index in [2.05, 4.69) is 10.1 Å². The third-order valence-corrected chi connectivity index (χ3v) is 6.47. The number of amides is 2. The summed E-state index contributed by atoms with van der Waals surface area (Å²) in [6, 6.07) is 14.0. The summed E-state index contributed by atoms with van der Waals surface area (Å²) in [7, 11) is 1.29. The first-order valence-corrected chi connectivity index (χ1v) is 11.5. The van der Waals surface area contributed by atoms with Gasteiger partial charge >= 0.3 is 11.9 Å². The van der Waals surface area contributed by atoms with Crippen LogP contribution in [0.4, 0.5) is 11.4 Å². The number of hydrogen-bond donors (Lipinski definition) is 1. The standard InChI is InChI=1S/C26H28N2O6/c1-33-25(31)18-10-12-19(13-11-18)27-23(29)16-34-26(32)21-8-4-3-7-20(21)24(30)28-15-14-17-6-2-5-9-22(17)28/h2,5-6,9-13,20-21H,3-4,7-8,14-16H2,1H3,(H,27,29). The van der Waals surface area contributed by atoms with Gasteiger partial charge in [-0.1, -0.05) is 31.0 Å². The molecule has 2 amide bonds. The molecule has 1 aliphatic heterocycles. The molecule has 1 N–H and O–H groups in total. The number of carbonyl (C=O) groups is 4. The van der Waals surface area contributed by atoms with Crippen molar-refractivity contribution in [3.63, 3.8) is 0 Å². The maximum atomic E-state index is 13.4. The minimum Gasteiger partial charge on any atom is -0.465 e. The Morgan fingerprint density at radius 3 is 2.41 bits per heavy atom. The zero-order chi connectivity index (χ0) is 24.1. The number of hydrogen-bond acceptors (Lipinski definition) is 6. The fourth-order valence-electron chi connectivity index (χ4n) is 4.72. The van der Waals surface area contributed by atoms with Crippen molar-refractivity contribution in [2.24, 2.45) is 11.8 Å². The topological polar surface area (TPSA) is 102 Å². The first kappa shape index (κ1) is 23.5. The minimum atomic E-state index is -0.554. The van der Waals surface area contributed by atoms with Gasteiger partial charge in [0.15, 0.2) is 6.61 Å². The van der Waals surface area contributed by atoms with Gasteiger partial charge in [0.1, 0.15) is 0 Å². The Labute approximate surface area is 198 Å². The zero-order valence-corrected chi connectivity index (χ0v) is 19.1. The molecule has 2 aromatic rings. The van der Waals surface area contributed by atoms with E-state index in [1.807, 2.05) is 24.3 Å². The summed E-state index contributed by atoms with van der Waals surface area (Å²) in [5.74, 6) is -2.52. The van der Waals surface area contributed by atoms with E-state index >= 15 is 0 Å². The van der Waals surface area contributed by atoms with Crippen molar-refractivity contribution >= 4 is 35.1 Å². The summed E-state index contributed by atoms with van der Waals surface area (Å²) < 4.78 is 9.96. The first-order chi connectivity index (χ1) is 16.5. The van der Waals surface area contributed by atoms with Crippen LogP contribution in [0.2, 0.25) is 0 Å². The fourth-order valence-corrected chi connectivity index (χ4v) is 4.72. The highest BCUT2D eigenvalue weighted by Crippen LogP contribution is 2.36. The van der Waals surface area contributed by atoms with Crippen molar-refractivity contribution in [3.05, 3.63) is 59.7 Å². The van der Waals surface area contributed by atoms with E-state index in [9.17, 15) is 19.2 Å². The van der Waals surface area contributed by atoms with Crippen LogP contribution in [0.1, 0.15) is 41.6 Å². The van der Waals surface area contributed by atoms with Crippen molar-refractivity contribution in [1.82, 2.24) is 0 Å². The monoisotopic (exact) mass is 464 g/mol. The Balaban J connectivity index is 1.34. The third-order valence-electron chi connectivity index (χ3n) is 6.47. The number of nitrogens with zero attached hydrogens (tertiary/aromatic N) is 1. The van der Waals surface area contributed by atoms with E-state index in [4.69, 9.17) is 4.74 Å². The number of fused-ring (bicyclic) bond motifs is 1. The molecule has 4 rings (SSSR count). The van der Waals surface area contributed by atoms with E-state index in [-0.39, 0.29) is 5.91 Å². The number of para-hydroxylation sites is 1. The number of ether oxygens (including phenoxy) is 2.